The molecule has 0 saturated carbocycles. The van der Waals surface area contributed by atoms with Gasteiger partial charge in [0.2, 0.25) is 5.91 Å². The average molecular weight is 364 g/mol. The number of benzene rings is 1. The molecule has 8 nitrogen and oxygen atoms in total. The van der Waals surface area contributed by atoms with E-state index in [9.17, 15) is 14.4 Å². The van der Waals surface area contributed by atoms with E-state index in [4.69, 9.17) is 14.6 Å². The van der Waals surface area contributed by atoms with Gasteiger partial charge in [0, 0.05) is 20.1 Å². The molecule has 0 aromatic heterocycles. The molecule has 1 fully saturated rings. The monoisotopic (exact) mass is 364 g/mol. The molecule has 8 heteroatoms. The number of carboxylic acid groups (broad SMARTS) is 1. The number of hydrogen-bond acceptors (Lipinski definition) is 5. The molecule has 1 aliphatic heterocycles. The Kier molecular flexibility index (Phi) is 6.43. The summed E-state index contributed by atoms with van der Waals surface area (Å²) in [6.45, 7) is 0.692. The smallest absolute Gasteiger partial charge is 0.306 e. The average Bonchev–Trinajstić information content (AvgIpc) is 2.66. The maximum atomic E-state index is 12.7. The van der Waals surface area contributed by atoms with Crippen LogP contribution in [0.15, 0.2) is 18.2 Å². The Hall–Kier alpha value is -2.77. The normalized spacial score (nSPS) is 14.7. The summed E-state index contributed by atoms with van der Waals surface area (Å²) < 4.78 is 10.4. The van der Waals surface area contributed by atoms with Crippen molar-refractivity contribution in [3.05, 3.63) is 23.8 Å². The van der Waals surface area contributed by atoms with Crippen LogP contribution >= 0.6 is 0 Å². The van der Waals surface area contributed by atoms with Crippen molar-refractivity contribution < 1.29 is 29.0 Å². The van der Waals surface area contributed by atoms with Crippen molar-refractivity contribution in [2.24, 2.45) is 5.92 Å². The number of rotatable bonds is 6. The van der Waals surface area contributed by atoms with Gasteiger partial charge in [-0.2, -0.15) is 0 Å². The van der Waals surface area contributed by atoms with Crippen LogP contribution in [0.1, 0.15) is 23.2 Å². The van der Waals surface area contributed by atoms with Crippen LogP contribution in [0.4, 0.5) is 0 Å². The maximum Gasteiger partial charge on any atom is 0.306 e. The van der Waals surface area contributed by atoms with E-state index in [1.165, 1.54) is 19.1 Å². The predicted octanol–water partition coefficient (Wildman–Crippen LogP) is 1.10. The van der Waals surface area contributed by atoms with E-state index in [2.05, 4.69) is 0 Å². The van der Waals surface area contributed by atoms with Gasteiger partial charge in [0.05, 0.1) is 32.2 Å². The van der Waals surface area contributed by atoms with E-state index in [0.29, 0.717) is 43.0 Å². The second kappa shape index (κ2) is 8.55. The molecule has 1 aromatic rings. The Morgan fingerprint density at radius 3 is 2.38 bits per heavy atom. The van der Waals surface area contributed by atoms with Gasteiger partial charge < -0.3 is 24.4 Å². The minimum atomic E-state index is -0.825. The van der Waals surface area contributed by atoms with Gasteiger partial charge in [-0.3, -0.25) is 14.4 Å². The lowest BCUT2D eigenvalue weighted by molar-refractivity contribution is -0.145. The zero-order valence-corrected chi connectivity index (χ0v) is 15.2. The van der Waals surface area contributed by atoms with Crippen LogP contribution in [0, 0.1) is 5.92 Å². The van der Waals surface area contributed by atoms with Gasteiger partial charge in [0.25, 0.3) is 5.91 Å². The number of amides is 2. The number of carbonyl (C=O) groups excluding carboxylic acids is 2. The molecule has 1 aromatic carbocycles. The number of ether oxygens (including phenoxy) is 2. The summed E-state index contributed by atoms with van der Waals surface area (Å²) in [5.41, 5.74) is 0.312. The number of likely N-dealkylation sites (N-methyl/N-ethyl adjacent to an activating group) is 1. The number of nitrogens with zero attached hydrogens (tertiary/aromatic N) is 2. The third kappa shape index (κ3) is 4.44. The van der Waals surface area contributed by atoms with E-state index >= 15 is 0 Å². The highest BCUT2D eigenvalue weighted by molar-refractivity contribution is 5.99. The SMILES string of the molecule is COc1ccc(OC)c(C(=O)N(C)CC(=O)N2CCC(C(=O)O)CC2)c1. The topological polar surface area (TPSA) is 96.4 Å². The number of likely N-dealkylation sites (tertiary alicyclic amines) is 1. The quantitative estimate of drug-likeness (QED) is 0.812. The van der Waals surface area contributed by atoms with Gasteiger partial charge in [-0.1, -0.05) is 0 Å². The van der Waals surface area contributed by atoms with Crippen LogP contribution in [0.5, 0.6) is 11.5 Å². The van der Waals surface area contributed by atoms with Crippen LogP contribution in [-0.4, -0.2) is 73.6 Å². The van der Waals surface area contributed by atoms with E-state index in [1.54, 1.807) is 30.1 Å². The third-order valence-electron chi connectivity index (χ3n) is 4.55. The fourth-order valence-corrected chi connectivity index (χ4v) is 2.94. The summed E-state index contributed by atoms with van der Waals surface area (Å²) >= 11 is 0. The Morgan fingerprint density at radius 1 is 1.19 bits per heavy atom. The van der Waals surface area contributed by atoms with Gasteiger partial charge in [0.1, 0.15) is 11.5 Å². The van der Waals surface area contributed by atoms with Crippen LogP contribution in [0.3, 0.4) is 0 Å². The molecule has 0 spiro atoms. The Bertz CT molecular complexity index is 682. The lowest BCUT2D eigenvalue weighted by atomic mass is 9.97. The third-order valence-corrected chi connectivity index (χ3v) is 4.55. The number of methoxy groups -OCH3 is 2. The van der Waals surface area contributed by atoms with Crippen LogP contribution in [0.2, 0.25) is 0 Å². The fourth-order valence-electron chi connectivity index (χ4n) is 2.94. The molecular weight excluding hydrogens is 340 g/mol. The van der Waals surface area contributed by atoms with Gasteiger partial charge in [-0.05, 0) is 31.0 Å². The van der Waals surface area contributed by atoms with Gasteiger partial charge in [0.15, 0.2) is 0 Å². The van der Waals surface area contributed by atoms with Crippen LogP contribution < -0.4 is 9.47 Å². The molecule has 0 unspecified atom stereocenters. The van der Waals surface area contributed by atoms with Crippen molar-refractivity contribution in [1.82, 2.24) is 9.80 Å². The molecular formula is C18H24N2O6. The summed E-state index contributed by atoms with van der Waals surface area (Å²) in [6.07, 6.45) is 0.866. The molecule has 1 saturated heterocycles. The Morgan fingerprint density at radius 2 is 1.85 bits per heavy atom. The summed E-state index contributed by atoms with van der Waals surface area (Å²) in [5.74, 6) is -0.864. The first-order chi connectivity index (χ1) is 12.4. The minimum Gasteiger partial charge on any atom is -0.497 e. The first-order valence-electron chi connectivity index (χ1n) is 8.35. The van der Waals surface area contributed by atoms with Gasteiger partial charge in [-0.15, -0.1) is 0 Å². The standard InChI is InChI=1S/C18H24N2O6/c1-19(11-16(21)20-8-6-12(7-9-20)18(23)24)17(22)14-10-13(25-2)4-5-15(14)26-3/h4-5,10,12H,6-9,11H2,1-3H3,(H,23,24). The molecule has 1 N–H and O–H groups in total. The number of carbonyl (C=O) groups is 3. The summed E-state index contributed by atoms with van der Waals surface area (Å²) in [7, 11) is 4.52. The summed E-state index contributed by atoms with van der Waals surface area (Å²) in [6, 6.07) is 4.90. The second-order valence-electron chi connectivity index (χ2n) is 6.22. The van der Waals surface area contributed by atoms with Gasteiger partial charge in [-0.25, -0.2) is 0 Å². The molecule has 0 aliphatic carbocycles. The molecule has 0 bridgehead atoms. The molecule has 1 aliphatic rings. The van der Waals surface area contributed by atoms with Crippen molar-refractivity contribution in [3.63, 3.8) is 0 Å². The lowest BCUT2D eigenvalue weighted by Crippen LogP contribution is -2.45. The summed E-state index contributed by atoms with van der Waals surface area (Å²) in [4.78, 5) is 39.0. The molecule has 2 amide bonds. The molecule has 1 heterocycles. The number of aliphatic carboxylic acids is 1. The number of carboxylic acids is 1. The molecule has 2 rings (SSSR count). The first-order valence-corrected chi connectivity index (χ1v) is 8.35. The minimum absolute atomic E-state index is 0.0864. The summed E-state index contributed by atoms with van der Waals surface area (Å²) in [5, 5.41) is 9.02. The van der Waals surface area contributed by atoms with Crippen molar-refractivity contribution >= 4 is 17.8 Å². The second-order valence-corrected chi connectivity index (χ2v) is 6.22. The zero-order valence-electron chi connectivity index (χ0n) is 15.2. The fraction of sp³-hybridized carbons (Fsp3) is 0.500. The highest BCUT2D eigenvalue weighted by Crippen LogP contribution is 2.25. The van der Waals surface area contributed by atoms with E-state index < -0.39 is 11.9 Å². The molecule has 26 heavy (non-hydrogen) atoms. The van der Waals surface area contributed by atoms with Crippen molar-refractivity contribution in [1.29, 1.82) is 0 Å². The first kappa shape index (κ1) is 19.6. The van der Waals surface area contributed by atoms with Crippen molar-refractivity contribution in [2.75, 3.05) is 40.9 Å². The molecule has 142 valence electrons. The largest absolute Gasteiger partial charge is 0.497 e. The number of hydrogen-bond donors (Lipinski definition) is 1. The molecule has 0 atom stereocenters. The Labute approximate surface area is 152 Å². The van der Waals surface area contributed by atoms with E-state index in [1.807, 2.05) is 0 Å². The highest BCUT2D eigenvalue weighted by Gasteiger charge is 2.28. The Balaban J connectivity index is 2.01. The van der Waals surface area contributed by atoms with Gasteiger partial charge >= 0.3 is 5.97 Å². The van der Waals surface area contributed by atoms with E-state index in [-0.39, 0.29) is 18.4 Å². The van der Waals surface area contributed by atoms with Crippen LogP contribution in [0.25, 0.3) is 0 Å². The van der Waals surface area contributed by atoms with Crippen LogP contribution in [-0.2, 0) is 9.59 Å². The highest BCUT2D eigenvalue weighted by atomic mass is 16.5. The maximum absolute atomic E-state index is 12.7. The lowest BCUT2D eigenvalue weighted by Gasteiger charge is -2.31. The predicted molar refractivity (Wildman–Crippen MR) is 93.4 cm³/mol. The zero-order chi connectivity index (χ0) is 19.3. The molecule has 0 radical (unpaired) electrons. The van der Waals surface area contributed by atoms with Crippen molar-refractivity contribution in [2.45, 2.75) is 12.8 Å². The number of piperidine rings is 1. The van der Waals surface area contributed by atoms with E-state index in [0.717, 1.165) is 0 Å². The van der Waals surface area contributed by atoms with Crippen molar-refractivity contribution in [3.8, 4) is 11.5 Å².